The number of carbonyl (C=O) groups excluding carboxylic acids is 2. The van der Waals surface area contributed by atoms with E-state index in [0.29, 0.717) is 42.6 Å². The number of morpholine rings is 1. The molecule has 8 heteroatoms. The predicted octanol–water partition coefficient (Wildman–Crippen LogP) is 1.68. The van der Waals surface area contributed by atoms with Crippen LogP contribution in [0.15, 0.2) is 59.4 Å². The Labute approximate surface area is 166 Å². The number of esters is 1. The van der Waals surface area contributed by atoms with Crippen LogP contribution in [-0.4, -0.2) is 53.3 Å². The van der Waals surface area contributed by atoms with Gasteiger partial charge >= 0.3 is 5.97 Å². The molecule has 1 fully saturated rings. The number of hydrogen-bond donors (Lipinski definition) is 1. The molecule has 0 bridgehead atoms. The fourth-order valence-electron chi connectivity index (χ4n) is 3.27. The Morgan fingerprint density at radius 2 is 1.66 bits per heavy atom. The van der Waals surface area contributed by atoms with Gasteiger partial charge in [-0.3, -0.25) is 9.59 Å². The zero-order valence-corrected chi connectivity index (χ0v) is 15.5. The van der Waals surface area contributed by atoms with E-state index in [2.05, 4.69) is 10.2 Å². The number of carbonyl (C=O) groups is 2. The summed E-state index contributed by atoms with van der Waals surface area (Å²) in [6.45, 7) is 1.74. The number of H-pyrrole nitrogens is 1. The quantitative estimate of drug-likeness (QED) is 0.677. The van der Waals surface area contributed by atoms with E-state index in [-0.39, 0.29) is 11.6 Å². The number of amides is 1. The molecule has 0 aliphatic carbocycles. The Morgan fingerprint density at radius 1 is 1.00 bits per heavy atom. The number of aromatic amines is 1. The summed E-state index contributed by atoms with van der Waals surface area (Å²) in [6.07, 6.45) is -1.12. The number of benzene rings is 2. The van der Waals surface area contributed by atoms with Gasteiger partial charge in [0.05, 0.1) is 18.6 Å². The summed E-state index contributed by atoms with van der Waals surface area (Å²) in [5.74, 6) is -1.10. The number of ether oxygens (including phenoxy) is 2. The summed E-state index contributed by atoms with van der Waals surface area (Å²) in [6, 6.07) is 15.4. The van der Waals surface area contributed by atoms with Crippen LogP contribution in [0, 0.1) is 0 Å². The molecule has 0 saturated carbocycles. The van der Waals surface area contributed by atoms with Gasteiger partial charge in [-0.25, -0.2) is 9.89 Å². The molecule has 1 aliphatic rings. The highest BCUT2D eigenvalue weighted by Gasteiger charge is 2.31. The van der Waals surface area contributed by atoms with Crippen molar-refractivity contribution in [1.82, 2.24) is 15.1 Å². The molecule has 1 aliphatic heterocycles. The molecule has 8 nitrogen and oxygen atoms in total. The van der Waals surface area contributed by atoms with Crippen LogP contribution in [0.3, 0.4) is 0 Å². The SMILES string of the molecule is O=C(O[C@H](C(=O)N1CCOCC1)c1ccccc1)c1n[nH]c(=O)c2ccccc12. The Balaban J connectivity index is 1.68. The third kappa shape index (κ3) is 3.88. The number of aromatic nitrogens is 2. The molecule has 2 heterocycles. The van der Waals surface area contributed by atoms with E-state index in [0.717, 1.165) is 0 Å². The number of nitrogens with zero attached hydrogens (tertiary/aromatic N) is 2. The molecule has 0 unspecified atom stereocenters. The van der Waals surface area contributed by atoms with E-state index >= 15 is 0 Å². The summed E-state index contributed by atoms with van der Waals surface area (Å²) >= 11 is 0. The van der Waals surface area contributed by atoms with Crippen molar-refractivity contribution in [3.63, 3.8) is 0 Å². The lowest BCUT2D eigenvalue weighted by atomic mass is 10.1. The maximum absolute atomic E-state index is 13.1. The van der Waals surface area contributed by atoms with E-state index < -0.39 is 17.6 Å². The van der Waals surface area contributed by atoms with Gasteiger partial charge in [0.2, 0.25) is 6.10 Å². The lowest BCUT2D eigenvalue weighted by Gasteiger charge is -2.30. The minimum absolute atomic E-state index is 0.0455. The van der Waals surface area contributed by atoms with E-state index in [1.807, 2.05) is 6.07 Å². The van der Waals surface area contributed by atoms with E-state index in [1.165, 1.54) is 0 Å². The molecule has 1 aromatic heterocycles. The van der Waals surface area contributed by atoms with Gasteiger partial charge < -0.3 is 14.4 Å². The smallest absolute Gasteiger partial charge is 0.360 e. The first-order valence-corrected chi connectivity index (χ1v) is 9.25. The van der Waals surface area contributed by atoms with Crippen molar-refractivity contribution in [2.45, 2.75) is 6.10 Å². The van der Waals surface area contributed by atoms with Gasteiger partial charge in [0.25, 0.3) is 11.5 Å². The molecule has 0 spiro atoms. The number of hydrogen-bond acceptors (Lipinski definition) is 6. The minimum Gasteiger partial charge on any atom is -0.442 e. The third-order valence-corrected chi connectivity index (χ3v) is 4.76. The fourth-order valence-corrected chi connectivity index (χ4v) is 3.27. The highest BCUT2D eigenvalue weighted by molar-refractivity contribution is 6.02. The van der Waals surface area contributed by atoms with Crippen molar-refractivity contribution < 1.29 is 19.1 Å². The molecule has 2 aromatic carbocycles. The number of fused-ring (bicyclic) bond motifs is 1. The van der Waals surface area contributed by atoms with Crippen molar-refractivity contribution in [3.05, 3.63) is 76.2 Å². The average molecular weight is 393 g/mol. The van der Waals surface area contributed by atoms with Gasteiger partial charge in [-0.15, -0.1) is 0 Å². The van der Waals surface area contributed by atoms with Gasteiger partial charge in [-0.05, 0) is 6.07 Å². The van der Waals surface area contributed by atoms with E-state index in [1.54, 1.807) is 53.4 Å². The van der Waals surface area contributed by atoms with Crippen molar-refractivity contribution in [3.8, 4) is 0 Å². The zero-order valence-electron chi connectivity index (χ0n) is 15.5. The molecule has 0 radical (unpaired) electrons. The van der Waals surface area contributed by atoms with Crippen LogP contribution >= 0.6 is 0 Å². The minimum atomic E-state index is -1.12. The van der Waals surface area contributed by atoms with Crippen LogP contribution in [0.4, 0.5) is 0 Å². The van der Waals surface area contributed by atoms with Crippen molar-refractivity contribution in [1.29, 1.82) is 0 Å². The average Bonchev–Trinajstić information content (AvgIpc) is 2.78. The van der Waals surface area contributed by atoms with Crippen molar-refractivity contribution >= 4 is 22.6 Å². The first-order chi connectivity index (χ1) is 14.1. The summed E-state index contributed by atoms with van der Waals surface area (Å²) in [4.78, 5) is 39.6. The predicted molar refractivity (Wildman–Crippen MR) is 104 cm³/mol. The van der Waals surface area contributed by atoms with Crippen LogP contribution in [0.5, 0.6) is 0 Å². The molecule has 1 saturated heterocycles. The molecular formula is C21H19N3O5. The lowest BCUT2D eigenvalue weighted by molar-refractivity contribution is -0.145. The van der Waals surface area contributed by atoms with Gasteiger partial charge in [0.1, 0.15) is 0 Å². The van der Waals surface area contributed by atoms with Gasteiger partial charge in [0, 0.05) is 24.0 Å². The second-order valence-electron chi connectivity index (χ2n) is 6.58. The monoisotopic (exact) mass is 393 g/mol. The summed E-state index contributed by atoms with van der Waals surface area (Å²) in [5.41, 5.74) is 0.114. The standard InChI is InChI=1S/C21H19N3O5/c25-19-16-9-5-4-8-15(16)17(22-23-19)21(27)29-18(14-6-2-1-3-7-14)20(26)24-10-12-28-13-11-24/h1-9,18H,10-13H2,(H,23,25)/t18-/m0/s1. The third-order valence-electron chi connectivity index (χ3n) is 4.76. The maximum atomic E-state index is 13.1. The highest BCUT2D eigenvalue weighted by Crippen LogP contribution is 2.23. The summed E-state index contributed by atoms with van der Waals surface area (Å²) < 4.78 is 10.9. The second-order valence-corrected chi connectivity index (χ2v) is 6.58. The van der Waals surface area contributed by atoms with Gasteiger partial charge in [0.15, 0.2) is 5.69 Å². The molecule has 1 atom stereocenters. The van der Waals surface area contributed by atoms with Crippen LogP contribution in [0.1, 0.15) is 22.2 Å². The molecule has 3 aromatic rings. The summed E-state index contributed by atoms with van der Waals surface area (Å²) in [5, 5.41) is 6.87. The topological polar surface area (TPSA) is 102 Å². The zero-order chi connectivity index (χ0) is 20.2. The lowest BCUT2D eigenvalue weighted by Crippen LogP contribution is -2.44. The molecular weight excluding hydrogens is 374 g/mol. The Bertz CT molecular complexity index is 1090. The maximum Gasteiger partial charge on any atom is 0.360 e. The van der Waals surface area contributed by atoms with E-state index in [9.17, 15) is 14.4 Å². The first-order valence-electron chi connectivity index (χ1n) is 9.25. The fraction of sp³-hybridized carbons (Fsp3) is 0.238. The Hall–Kier alpha value is -3.52. The van der Waals surface area contributed by atoms with Crippen LogP contribution in [-0.2, 0) is 14.3 Å². The number of rotatable bonds is 4. The molecule has 4 rings (SSSR count). The van der Waals surface area contributed by atoms with E-state index in [4.69, 9.17) is 9.47 Å². The molecule has 29 heavy (non-hydrogen) atoms. The van der Waals surface area contributed by atoms with Crippen LogP contribution < -0.4 is 5.56 Å². The second kappa shape index (κ2) is 8.24. The molecule has 148 valence electrons. The van der Waals surface area contributed by atoms with Crippen LogP contribution in [0.2, 0.25) is 0 Å². The van der Waals surface area contributed by atoms with Crippen molar-refractivity contribution in [2.24, 2.45) is 0 Å². The highest BCUT2D eigenvalue weighted by atomic mass is 16.5. The molecule has 1 amide bonds. The Morgan fingerprint density at radius 3 is 2.38 bits per heavy atom. The largest absolute Gasteiger partial charge is 0.442 e. The van der Waals surface area contributed by atoms with Crippen molar-refractivity contribution in [2.75, 3.05) is 26.3 Å². The Kier molecular flexibility index (Phi) is 5.35. The van der Waals surface area contributed by atoms with Gasteiger partial charge in [-0.2, -0.15) is 5.10 Å². The first kappa shape index (κ1) is 18.8. The van der Waals surface area contributed by atoms with Gasteiger partial charge in [-0.1, -0.05) is 48.5 Å². The normalized spacial score (nSPS) is 15.1. The summed E-state index contributed by atoms with van der Waals surface area (Å²) in [7, 11) is 0. The number of nitrogens with one attached hydrogen (secondary N) is 1. The molecule has 1 N–H and O–H groups in total. The van der Waals surface area contributed by atoms with Crippen LogP contribution in [0.25, 0.3) is 10.8 Å².